The first kappa shape index (κ1) is 15.0. The molecule has 1 fully saturated rings. The Hall–Kier alpha value is -1.37. The number of carbonyl (C=O) groups excluding carboxylic acids is 1. The summed E-state index contributed by atoms with van der Waals surface area (Å²) in [6, 6.07) is 1.62. The Bertz CT molecular complexity index is 509. The van der Waals surface area contributed by atoms with Crippen molar-refractivity contribution < 1.29 is 9.72 Å². The van der Waals surface area contributed by atoms with E-state index in [1.165, 1.54) is 16.8 Å². The van der Waals surface area contributed by atoms with E-state index >= 15 is 0 Å². The second kappa shape index (κ2) is 6.39. The third kappa shape index (κ3) is 3.03. The Kier molecular flexibility index (Phi) is 4.80. The molecule has 20 heavy (non-hydrogen) atoms. The van der Waals surface area contributed by atoms with Crippen molar-refractivity contribution in [3.63, 3.8) is 0 Å². The number of hydrogen-bond donors (Lipinski definition) is 0. The summed E-state index contributed by atoms with van der Waals surface area (Å²) < 4.78 is 1.54. The number of carbonyl (C=O) groups is 1. The first-order chi connectivity index (χ1) is 9.54. The Morgan fingerprint density at radius 2 is 2.20 bits per heavy atom. The molecule has 0 unspecified atom stereocenters. The summed E-state index contributed by atoms with van der Waals surface area (Å²) >= 11 is 3.38. The van der Waals surface area contributed by atoms with E-state index in [4.69, 9.17) is 0 Å². The average Bonchev–Trinajstić information content (AvgIpc) is 3.04. The number of aryl methyl sites for hydroxylation is 1. The first-order valence-corrected chi connectivity index (χ1v) is 7.84. The summed E-state index contributed by atoms with van der Waals surface area (Å²) in [5.74, 6) is -0.119. The standard InChI is InChI=1S/C13H18BrN3O3/c1-15-9-11(17(19)20)8-12(15)13(18)16(7-6-14)10-4-2-3-5-10/h8-10H,2-7H2,1H3. The van der Waals surface area contributed by atoms with Gasteiger partial charge in [0.15, 0.2) is 0 Å². The van der Waals surface area contributed by atoms with E-state index in [9.17, 15) is 14.9 Å². The van der Waals surface area contributed by atoms with Crippen molar-refractivity contribution in [3.05, 3.63) is 28.1 Å². The summed E-state index contributed by atoms with van der Waals surface area (Å²) in [6.07, 6.45) is 5.71. The van der Waals surface area contributed by atoms with Gasteiger partial charge in [-0.05, 0) is 12.8 Å². The van der Waals surface area contributed by atoms with Crippen LogP contribution in [0.25, 0.3) is 0 Å². The molecule has 0 bridgehead atoms. The van der Waals surface area contributed by atoms with Crippen molar-refractivity contribution in [2.24, 2.45) is 7.05 Å². The van der Waals surface area contributed by atoms with Crippen LogP contribution in [-0.2, 0) is 7.05 Å². The van der Waals surface area contributed by atoms with Gasteiger partial charge in [-0.15, -0.1) is 0 Å². The molecule has 1 saturated carbocycles. The minimum atomic E-state index is -0.471. The lowest BCUT2D eigenvalue weighted by molar-refractivity contribution is -0.384. The van der Waals surface area contributed by atoms with Crippen LogP contribution in [-0.4, -0.2) is 38.2 Å². The van der Waals surface area contributed by atoms with E-state index in [0.717, 1.165) is 25.7 Å². The van der Waals surface area contributed by atoms with E-state index in [1.54, 1.807) is 7.05 Å². The fraction of sp³-hybridized carbons (Fsp3) is 0.615. The van der Waals surface area contributed by atoms with Gasteiger partial charge in [0.05, 0.1) is 11.1 Å². The fourth-order valence-corrected chi connectivity index (χ4v) is 3.15. The maximum Gasteiger partial charge on any atom is 0.287 e. The zero-order valence-corrected chi connectivity index (χ0v) is 13.0. The highest BCUT2D eigenvalue weighted by Gasteiger charge is 2.29. The lowest BCUT2D eigenvalue weighted by atomic mass is 10.2. The summed E-state index contributed by atoms with van der Waals surface area (Å²) in [6.45, 7) is 0.627. The van der Waals surface area contributed by atoms with Gasteiger partial charge in [-0.1, -0.05) is 28.8 Å². The maximum atomic E-state index is 12.6. The quantitative estimate of drug-likeness (QED) is 0.469. The molecule has 0 saturated heterocycles. The van der Waals surface area contributed by atoms with Crippen LogP contribution < -0.4 is 0 Å². The largest absolute Gasteiger partial charge is 0.340 e. The smallest absolute Gasteiger partial charge is 0.287 e. The van der Waals surface area contributed by atoms with Crippen molar-refractivity contribution in [2.45, 2.75) is 31.7 Å². The highest BCUT2D eigenvalue weighted by atomic mass is 79.9. The zero-order chi connectivity index (χ0) is 14.7. The van der Waals surface area contributed by atoms with Gasteiger partial charge in [0.25, 0.3) is 11.6 Å². The van der Waals surface area contributed by atoms with Gasteiger partial charge < -0.3 is 9.47 Å². The van der Waals surface area contributed by atoms with Gasteiger partial charge >= 0.3 is 0 Å². The van der Waals surface area contributed by atoms with Crippen LogP contribution in [0.2, 0.25) is 0 Å². The third-order valence-electron chi connectivity index (χ3n) is 3.77. The predicted molar refractivity (Wildman–Crippen MR) is 79.2 cm³/mol. The zero-order valence-electron chi connectivity index (χ0n) is 11.4. The SMILES string of the molecule is Cn1cc([N+](=O)[O-])cc1C(=O)N(CCBr)C1CCCC1. The lowest BCUT2D eigenvalue weighted by Gasteiger charge is -2.28. The highest BCUT2D eigenvalue weighted by Crippen LogP contribution is 2.26. The minimum Gasteiger partial charge on any atom is -0.340 e. The molecular formula is C13H18BrN3O3. The molecule has 7 heteroatoms. The molecule has 0 N–H and O–H groups in total. The number of alkyl halides is 1. The van der Waals surface area contributed by atoms with Crippen molar-refractivity contribution in [3.8, 4) is 0 Å². The second-order valence-electron chi connectivity index (χ2n) is 5.08. The molecule has 1 amide bonds. The number of nitrogens with zero attached hydrogens (tertiary/aromatic N) is 3. The summed E-state index contributed by atoms with van der Waals surface area (Å²) in [7, 11) is 1.67. The van der Waals surface area contributed by atoms with E-state index < -0.39 is 4.92 Å². The van der Waals surface area contributed by atoms with Gasteiger partial charge in [0.2, 0.25) is 0 Å². The monoisotopic (exact) mass is 343 g/mol. The molecule has 110 valence electrons. The van der Waals surface area contributed by atoms with Crippen LogP contribution in [0.3, 0.4) is 0 Å². The predicted octanol–water partition coefficient (Wildman–Crippen LogP) is 2.71. The number of amides is 1. The van der Waals surface area contributed by atoms with E-state index in [1.807, 2.05) is 4.90 Å². The van der Waals surface area contributed by atoms with Crippen LogP contribution in [0.15, 0.2) is 12.3 Å². The van der Waals surface area contributed by atoms with Crippen molar-refractivity contribution >= 4 is 27.5 Å². The highest BCUT2D eigenvalue weighted by molar-refractivity contribution is 9.09. The van der Waals surface area contributed by atoms with E-state index in [0.29, 0.717) is 17.6 Å². The molecule has 6 nitrogen and oxygen atoms in total. The number of halogens is 1. The summed E-state index contributed by atoms with van der Waals surface area (Å²) in [4.78, 5) is 24.8. The number of rotatable bonds is 5. The Morgan fingerprint density at radius 1 is 1.55 bits per heavy atom. The summed E-state index contributed by atoms with van der Waals surface area (Å²) in [5, 5.41) is 11.5. The van der Waals surface area contributed by atoms with E-state index in [-0.39, 0.29) is 17.6 Å². The Labute approximate surface area is 126 Å². The molecule has 1 aromatic heterocycles. The minimum absolute atomic E-state index is 0.0407. The molecule has 0 atom stereocenters. The lowest BCUT2D eigenvalue weighted by Crippen LogP contribution is -2.40. The molecule has 0 aliphatic heterocycles. The molecule has 1 heterocycles. The van der Waals surface area contributed by atoms with Crippen LogP contribution >= 0.6 is 15.9 Å². The maximum absolute atomic E-state index is 12.6. The van der Waals surface area contributed by atoms with Gasteiger partial charge in [-0.25, -0.2) is 0 Å². The number of nitro groups is 1. The topological polar surface area (TPSA) is 68.4 Å². The number of aromatic nitrogens is 1. The molecule has 0 aromatic carbocycles. The molecule has 1 aliphatic rings. The second-order valence-corrected chi connectivity index (χ2v) is 5.87. The van der Waals surface area contributed by atoms with Crippen LogP contribution in [0.1, 0.15) is 36.2 Å². The molecule has 0 spiro atoms. The van der Waals surface area contributed by atoms with Crippen LogP contribution in [0.4, 0.5) is 5.69 Å². The van der Waals surface area contributed by atoms with Crippen LogP contribution in [0.5, 0.6) is 0 Å². The van der Waals surface area contributed by atoms with Crippen molar-refractivity contribution in [1.82, 2.24) is 9.47 Å². The Balaban J connectivity index is 2.24. The van der Waals surface area contributed by atoms with Crippen molar-refractivity contribution in [2.75, 3.05) is 11.9 Å². The third-order valence-corrected chi connectivity index (χ3v) is 4.13. The molecule has 1 aliphatic carbocycles. The fourth-order valence-electron chi connectivity index (χ4n) is 2.76. The van der Waals surface area contributed by atoms with Crippen molar-refractivity contribution in [1.29, 1.82) is 0 Å². The molecular weight excluding hydrogens is 326 g/mol. The van der Waals surface area contributed by atoms with Gasteiger partial charge in [-0.3, -0.25) is 14.9 Å². The van der Waals surface area contributed by atoms with Gasteiger partial charge in [0, 0.05) is 31.0 Å². The normalized spacial score (nSPS) is 15.5. The van der Waals surface area contributed by atoms with Gasteiger partial charge in [0.1, 0.15) is 5.69 Å². The van der Waals surface area contributed by atoms with Crippen LogP contribution in [0, 0.1) is 10.1 Å². The first-order valence-electron chi connectivity index (χ1n) is 6.72. The van der Waals surface area contributed by atoms with E-state index in [2.05, 4.69) is 15.9 Å². The van der Waals surface area contributed by atoms with Gasteiger partial charge in [-0.2, -0.15) is 0 Å². The average molecular weight is 344 g/mol. The summed E-state index contributed by atoms with van der Waals surface area (Å²) in [5.41, 5.74) is 0.339. The molecule has 2 rings (SSSR count). The number of hydrogen-bond acceptors (Lipinski definition) is 3. The Morgan fingerprint density at radius 3 is 2.70 bits per heavy atom. The molecule has 0 radical (unpaired) electrons. The molecule has 1 aromatic rings.